The first-order chi connectivity index (χ1) is 5.36. The summed E-state index contributed by atoms with van der Waals surface area (Å²) >= 11 is 0. The number of ether oxygens (including phenoxy) is 2. The Morgan fingerprint density at radius 3 is 2.55 bits per heavy atom. The highest BCUT2D eigenvalue weighted by Crippen LogP contribution is 2.35. The molecule has 0 N–H and O–H groups in total. The molecule has 0 aromatic carbocycles. The summed E-state index contributed by atoms with van der Waals surface area (Å²) in [6.07, 6.45) is 6.25. The van der Waals surface area contributed by atoms with Crippen molar-refractivity contribution in [1.29, 1.82) is 0 Å². The summed E-state index contributed by atoms with van der Waals surface area (Å²) in [5.74, 6) is 0.939. The normalized spacial score (nSPS) is 26.4. The van der Waals surface area contributed by atoms with Crippen LogP contribution in [-0.2, 0) is 9.47 Å². The maximum absolute atomic E-state index is 5.26. The van der Waals surface area contributed by atoms with Gasteiger partial charge in [0.1, 0.15) is 11.9 Å². The van der Waals surface area contributed by atoms with Gasteiger partial charge in [-0.15, -0.1) is 0 Å². The second kappa shape index (κ2) is 2.24. The van der Waals surface area contributed by atoms with Gasteiger partial charge in [0.05, 0.1) is 7.11 Å². The third kappa shape index (κ3) is 0.761. The molecule has 0 spiro atoms. The fraction of sp³-hybridized carbons (Fsp3) is 0.333. The number of allylic oxidation sites excluding steroid dienone is 1. The molecular weight excluding hydrogens is 140 g/mol. The minimum absolute atomic E-state index is 0.130. The summed E-state index contributed by atoms with van der Waals surface area (Å²) in [7, 11) is 3.39. The van der Waals surface area contributed by atoms with Crippen LogP contribution in [0.5, 0.6) is 0 Å². The van der Waals surface area contributed by atoms with Crippen molar-refractivity contribution in [2.75, 3.05) is 14.2 Å². The molecule has 2 aliphatic carbocycles. The van der Waals surface area contributed by atoms with Gasteiger partial charge in [-0.1, -0.05) is 12.2 Å². The number of hydrogen-bond acceptors (Lipinski definition) is 2. The lowest BCUT2D eigenvalue weighted by molar-refractivity contribution is 0.167. The molecule has 0 amide bonds. The van der Waals surface area contributed by atoms with Crippen LogP contribution in [-0.4, -0.2) is 20.3 Å². The lowest BCUT2D eigenvalue weighted by Crippen LogP contribution is -2.07. The highest BCUT2D eigenvalue weighted by atomic mass is 16.5. The predicted octanol–water partition coefficient (Wildman–Crippen LogP) is 1.41. The third-order valence-corrected chi connectivity index (χ3v) is 2.08. The molecule has 2 nitrogen and oxygen atoms in total. The van der Waals surface area contributed by atoms with Gasteiger partial charge in [-0.2, -0.15) is 0 Å². The lowest BCUT2D eigenvalue weighted by Gasteiger charge is -2.06. The van der Waals surface area contributed by atoms with Crippen LogP contribution in [0.2, 0.25) is 0 Å². The molecule has 0 heterocycles. The fourth-order valence-electron chi connectivity index (χ4n) is 1.55. The van der Waals surface area contributed by atoms with E-state index in [-0.39, 0.29) is 6.10 Å². The SMILES string of the molecule is COC1=C2C=CC(=C1)C2OC. The van der Waals surface area contributed by atoms with Crippen molar-refractivity contribution >= 4 is 0 Å². The first-order valence-electron chi connectivity index (χ1n) is 3.57. The second-order valence-corrected chi connectivity index (χ2v) is 2.62. The van der Waals surface area contributed by atoms with Gasteiger partial charge in [-0.25, -0.2) is 0 Å². The van der Waals surface area contributed by atoms with Crippen molar-refractivity contribution in [2.24, 2.45) is 0 Å². The van der Waals surface area contributed by atoms with Gasteiger partial charge in [0.2, 0.25) is 0 Å². The molecule has 0 radical (unpaired) electrons. The molecule has 0 aromatic heterocycles. The van der Waals surface area contributed by atoms with Gasteiger partial charge in [-0.05, 0) is 11.6 Å². The highest BCUT2D eigenvalue weighted by molar-refractivity contribution is 5.57. The van der Waals surface area contributed by atoms with Crippen molar-refractivity contribution in [1.82, 2.24) is 0 Å². The van der Waals surface area contributed by atoms with Crippen LogP contribution in [0.3, 0.4) is 0 Å². The molecule has 58 valence electrons. The van der Waals surface area contributed by atoms with E-state index in [0.29, 0.717) is 0 Å². The van der Waals surface area contributed by atoms with E-state index in [2.05, 4.69) is 6.08 Å². The Labute approximate surface area is 65.8 Å². The van der Waals surface area contributed by atoms with E-state index >= 15 is 0 Å². The van der Waals surface area contributed by atoms with Gasteiger partial charge in [-0.3, -0.25) is 0 Å². The summed E-state index contributed by atoms with van der Waals surface area (Å²) in [5.41, 5.74) is 2.34. The quantitative estimate of drug-likeness (QED) is 0.592. The molecule has 2 heteroatoms. The van der Waals surface area contributed by atoms with Crippen molar-refractivity contribution < 1.29 is 9.47 Å². The molecule has 1 unspecified atom stereocenters. The molecular formula is C9H10O2. The van der Waals surface area contributed by atoms with Crippen molar-refractivity contribution in [3.63, 3.8) is 0 Å². The number of hydrogen-bond donors (Lipinski definition) is 0. The van der Waals surface area contributed by atoms with Crippen LogP contribution in [0.15, 0.2) is 35.1 Å². The largest absolute Gasteiger partial charge is 0.496 e. The van der Waals surface area contributed by atoms with Crippen LogP contribution in [0, 0.1) is 0 Å². The zero-order chi connectivity index (χ0) is 7.84. The molecule has 11 heavy (non-hydrogen) atoms. The number of rotatable bonds is 2. The van der Waals surface area contributed by atoms with Gasteiger partial charge >= 0.3 is 0 Å². The zero-order valence-corrected chi connectivity index (χ0v) is 6.63. The van der Waals surface area contributed by atoms with Gasteiger partial charge in [0, 0.05) is 12.7 Å². The lowest BCUT2D eigenvalue weighted by atomic mass is 10.2. The molecule has 0 saturated heterocycles. The molecule has 2 bridgehead atoms. The van der Waals surface area contributed by atoms with Crippen molar-refractivity contribution in [2.45, 2.75) is 6.10 Å². The first-order valence-corrected chi connectivity index (χ1v) is 3.57. The van der Waals surface area contributed by atoms with Crippen LogP contribution in [0.1, 0.15) is 0 Å². The average molecular weight is 150 g/mol. The molecule has 0 aliphatic heterocycles. The number of methoxy groups -OCH3 is 2. The summed E-state index contributed by atoms with van der Waals surface area (Å²) in [6, 6.07) is 0. The third-order valence-electron chi connectivity index (χ3n) is 2.08. The van der Waals surface area contributed by atoms with Crippen LogP contribution in [0.25, 0.3) is 0 Å². The zero-order valence-electron chi connectivity index (χ0n) is 6.63. The summed E-state index contributed by atoms with van der Waals surface area (Å²) < 4.78 is 10.4. The molecule has 0 fully saturated rings. The van der Waals surface area contributed by atoms with E-state index in [0.717, 1.165) is 11.3 Å². The summed E-state index contributed by atoms with van der Waals surface area (Å²) in [6.45, 7) is 0. The van der Waals surface area contributed by atoms with Gasteiger partial charge in [0.15, 0.2) is 0 Å². The Balaban J connectivity index is 2.38. The predicted molar refractivity (Wildman–Crippen MR) is 42.1 cm³/mol. The maximum atomic E-state index is 5.26. The van der Waals surface area contributed by atoms with E-state index in [1.807, 2.05) is 12.2 Å². The van der Waals surface area contributed by atoms with E-state index in [1.165, 1.54) is 5.57 Å². The Morgan fingerprint density at radius 2 is 2.09 bits per heavy atom. The minimum Gasteiger partial charge on any atom is -0.496 e. The summed E-state index contributed by atoms with van der Waals surface area (Å²) in [4.78, 5) is 0. The fourth-order valence-corrected chi connectivity index (χ4v) is 1.55. The smallest absolute Gasteiger partial charge is 0.125 e. The Hall–Kier alpha value is -1.02. The van der Waals surface area contributed by atoms with E-state index in [4.69, 9.17) is 9.47 Å². The topological polar surface area (TPSA) is 18.5 Å². The highest BCUT2D eigenvalue weighted by Gasteiger charge is 2.29. The van der Waals surface area contributed by atoms with Gasteiger partial charge in [0.25, 0.3) is 0 Å². The Bertz CT molecular complexity index is 271. The molecule has 0 aromatic rings. The molecule has 2 rings (SSSR count). The Kier molecular flexibility index (Phi) is 1.36. The minimum atomic E-state index is 0.130. The monoisotopic (exact) mass is 150 g/mol. The first kappa shape index (κ1) is 6.68. The van der Waals surface area contributed by atoms with Gasteiger partial charge < -0.3 is 9.47 Å². The Morgan fingerprint density at radius 1 is 1.27 bits per heavy atom. The number of fused-ring (bicyclic) bond motifs is 2. The van der Waals surface area contributed by atoms with Crippen molar-refractivity contribution in [3.8, 4) is 0 Å². The average Bonchev–Trinajstić information content (AvgIpc) is 2.59. The van der Waals surface area contributed by atoms with Crippen LogP contribution >= 0.6 is 0 Å². The molecule has 2 aliphatic rings. The van der Waals surface area contributed by atoms with Crippen molar-refractivity contribution in [3.05, 3.63) is 35.1 Å². The van der Waals surface area contributed by atoms with Crippen LogP contribution < -0.4 is 0 Å². The standard InChI is InChI=1S/C9H10O2/c1-10-8-5-6-3-4-7(8)9(6)11-2/h3-5,9H,1-2H3. The van der Waals surface area contributed by atoms with E-state index in [1.54, 1.807) is 14.2 Å². The van der Waals surface area contributed by atoms with E-state index < -0.39 is 0 Å². The van der Waals surface area contributed by atoms with E-state index in [9.17, 15) is 0 Å². The second-order valence-electron chi connectivity index (χ2n) is 2.62. The molecule has 0 saturated carbocycles. The molecule has 1 atom stereocenters. The summed E-state index contributed by atoms with van der Waals surface area (Å²) in [5, 5.41) is 0. The maximum Gasteiger partial charge on any atom is 0.125 e. The van der Waals surface area contributed by atoms with Crippen LogP contribution in [0.4, 0.5) is 0 Å².